The van der Waals surface area contributed by atoms with Gasteiger partial charge in [0.05, 0.1) is 0 Å². The van der Waals surface area contributed by atoms with E-state index in [1.807, 2.05) is 0 Å². The topological polar surface area (TPSA) is 9.23 Å². The van der Waals surface area contributed by atoms with Crippen molar-refractivity contribution in [2.45, 2.75) is 59.7 Å². The van der Waals surface area contributed by atoms with Gasteiger partial charge in [0, 0.05) is 6.10 Å². The second kappa shape index (κ2) is 5.03. The van der Waals surface area contributed by atoms with Crippen LogP contribution in [0.15, 0.2) is 0 Å². The summed E-state index contributed by atoms with van der Waals surface area (Å²) in [6.45, 7) is 13.5. The van der Waals surface area contributed by atoms with Gasteiger partial charge in [-0.1, -0.05) is 34.1 Å². The van der Waals surface area contributed by atoms with E-state index in [1.165, 1.54) is 12.8 Å². The summed E-state index contributed by atoms with van der Waals surface area (Å²) in [6, 6.07) is 0. The average molecular weight is 188 g/mol. The van der Waals surface area contributed by atoms with E-state index in [-0.39, 0.29) is 0 Å². The van der Waals surface area contributed by atoms with Crippen molar-refractivity contribution in [1.82, 2.24) is 0 Å². The van der Waals surface area contributed by atoms with Crippen LogP contribution in [-0.2, 0) is 4.43 Å². The molecule has 0 aliphatic heterocycles. The maximum absolute atomic E-state index is 5.99. The van der Waals surface area contributed by atoms with Crippen LogP contribution in [0.3, 0.4) is 0 Å². The lowest BCUT2D eigenvalue weighted by molar-refractivity contribution is 0.0778. The lowest BCUT2D eigenvalue weighted by Gasteiger charge is -2.32. The van der Waals surface area contributed by atoms with E-state index >= 15 is 0 Å². The summed E-state index contributed by atoms with van der Waals surface area (Å²) in [5.41, 5.74) is 0.313. The molecule has 0 spiro atoms. The van der Waals surface area contributed by atoms with Gasteiger partial charge in [-0.3, -0.25) is 0 Å². The normalized spacial score (nSPS) is 15.2. The SMILES string of the molecule is CCCC(O[SiH](C)C)C(C)(C)C. The Bertz CT molecular complexity index is 115. The molecule has 0 saturated heterocycles. The summed E-state index contributed by atoms with van der Waals surface area (Å²) >= 11 is 0. The van der Waals surface area contributed by atoms with E-state index in [2.05, 4.69) is 40.8 Å². The monoisotopic (exact) mass is 188 g/mol. The highest BCUT2D eigenvalue weighted by Gasteiger charge is 2.24. The lowest BCUT2D eigenvalue weighted by atomic mass is 9.87. The van der Waals surface area contributed by atoms with Crippen molar-refractivity contribution in [3.63, 3.8) is 0 Å². The van der Waals surface area contributed by atoms with Crippen LogP contribution in [0.5, 0.6) is 0 Å². The molecule has 74 valence electrons. The lowest BCUT2D eigenvalue weighted by Crippen LogP contribution is -2.32. The first-order chi connectivity index (χ1) is 5.38. The summed E-state index contributed by atoms with van der Waals surface area (Å²) in [7, 11) is -0.860. The Hall–Kier alpha value is 0.177. The molecule has 2 heteroatoms. The molecule has 0 N–H and O–H groups in total. The standard InChI is InChI=1S/C10H24OSi/c1-7-8-9(10(2,3)4)11-12(5)6/h9,12H,7-8H2,1-6H3. The van der Waals surface area contributed by atoms with E-state index in [9.17, 15) is 0 Å². The van der Waals surface area contributed by atoms with Crippen LogP contribution in [0.4, 0.5) is 0 Å². The minimum Gasteiger partial charge on any atom is -0.417 e. The predicted molar refractivity (Wildman–Crippen MR) is 58.1 cm³/mol. The molecule has 0 heterocycles. The van der Waals surface area contributed by atoms with E-state index < -0.39 is 9.04 Å². The molecule has 1 unspecified atom stereocenters. The quantitative estimate of drug-likeness (QED) is 0.616. The van der Waals surface area contributed by atoms with E-state index in [0.717, 1.165) is 0 Å². The smallest absolute Gasteiger partial charge is 0.171 e. The van der Waals surface area contributed by atoms with Crippen LogP contribution in [0, 0.1) is 5.41 Å². The van der Waals surface area contributed by atoms with Gasteiger partial charge in [0.25, 0.3) is 0 Å². The fourth-order valence-corrected chi connectivity index (χ4v) is 2.50. The molecule has 0 aromatic rings. The average Bonchev–Trinajstić information content (AvgIpc) is 1.83. The van der Waals surface area contributed by atoms with Crippen LogP contribution in [0.25, 0.3) is 0 Å². The van der Waals surface area contributed by atoms with E-state index in [1.54, 1.807) is 0 Å². The van der Waals surface area contributed by atoms with Crippen LogP contribution in [-0.4, -0.2) is 15.1 Å². The zero-order valence-electron chi connectivity index (χ0n) is 9.48. The number of hydrogen-bond acceptors (Lipinski definition) is 1. The van der Waals surface area contributed by atoms with Gasteiger partial charge in [-0.05, 0) is 24.9 Å². The van der Waals surface area contributed by atoms with Crippen molar-refractivity contribution in [3.8, 4) is 0 Å². The molecule has 0 amide bonds. The minimum atomic E-state index is -0.860. The van der Waals surface area contributed by atoms with Crippen LogP contribution in [0.1, 0.15) is 40.5 Å². The zero-order chi connectivity index (χ0) is 9.78. The molecule has 1 atom stereocenters. The molecular formula is C10H24OSi. The summed E-state index contributed by atoms with van der Waals surface area (Å²) in [4.78, 5) is 0. The molecule has 0 fully saturated rings. The highest BCUT2D eigenvalue weighted by Crippen LogP contribution is 2.26. The van der Waals surface area contributed by atoms with Gasteiger partial charge in [-0.25, -0.2) is 0 Å². The molecule has 0 rings (SSSR count). The van der Waals surface area contributed by atoms with Crippen LogP contribution < -0.4 is 0 Å². The fourth-order valence-electron chi connectivity index (χ4n) is 1.30. The Balaban J connectivity index is 4.04. The van der Waals surface area contributed by atoms with Crippen molar-refractivity contribution in [3.05, 3.63) is 0 Å². The fraction of sp³-hybridized carbons (Fsp3) is 1.00. The molecule has 1 nitrogen and oxygen atoms in total. The van der Waals surface area contributed by atoms with Gasteiger partial charge in [-0.15, -0.1) is 0 Å². The van der Waals surface area contributed by atoms with E-state index in [4.69, 9.17) is 4.43 Å². The third-order valence-corrected chi connectivity index (χ3v) is 2.83. The van der Waals surface area contributed by atoms with Gasteiger partial charge < -0.3 is 4.43 Å². The molecule has 0 radical (unpaired) electrons. The van der Waals surface area contributed by atoms with Crippen molar-refractivity contribution >= 4 is 9.04 Å². The van der Waals surface area contributed by atoms with Gasteiger partial charge in [0.1, 0.15) is 0 Å². The summed E-state index contributed by atoms with van der Waals surface area (Å²) in [6.07, 6.45) is 2.90. The second-order valence-electron chi connectivity index (χ2n) is 4.83. The second-order valence-corrected chi connectivity index (χ2v) is 7.20. The highest BCUT2D eigenvalue weighted by molar-refractivity contribution is 6.48. The van der Waals surface area contributed by atoms with Gasteiger partial charge >= 0.3 is 0 Å². The Kier molecular flexibility index (Phi) is 5.10. The zero-order valence-corrected chi connectivity index (χ0v) is 10.6. The minimum absolute atomic E-state index is 0.313. The van der Waals surface area contributed by atoms with Crippen LogP contribution in [0.2, 0.25) is 13.1 Å². The first-order valence-electron chi connectivity index (χ1n) is 5.03. The highest BCUT2D eigenvalue weighted by atomic mass is 28.3. The maximum atomic E-state index is 5.99. The predicted octanol–water partition coefficient (Wildman–Crippen LogP) is 3.20. The molecule has 0 bridgehead atoms. The maximum Gasteiger partial charge on any atom is 0.171 e. The van der Waals surface area contributed by atoms with Gasteiger partial charge in [0.15, 0.2) is 9.04 Å². The van der Waals surface area contributed by atoms with Crippen molar-refractivity contribution in [1.29, 1.82) is 0 Å². The Labute approximate surface area is 79.2 Å². The Morgan fingerprint density at radius 1 is 1.25 bits per heavy atom. The van der Waals surface area contributed by atoms with Gasteiger partial charge in [0.2, 0.25) is 0 Å². The molecular weight excluding hydrogens is 164 g/mol. The molecule has 0 saturated carbocycles. The van der Waals surface area contributed by atoms with Crippen molar-refractivity contribution in [2.24, 2.45) is 5.41 Å². The summed E-state index contributed by atoms with van der Waals surface area (Å²) < 4.78 is 5.99. The van der Waals surface area contributed by atoms with Crippen LogP contribution >= 0.6 is 0 Å². The molecule has 12 heavy (non-hydrogen) atoms. The Morgan fingerprint density at radius 2 is 1.75 bits per heavy atom. The van der Waals surface area contributed by atoms with E-state index in [0.29, 0.717) is 11.5 Å². The van der Waals surface area contributed by atoms with Gasteiger partial charge in [-0.2, -0.15) is 0 Å². The summed E-state index contributed by atoms with van der Waals surface area (Å²) in [5, 5.41) is 0. The van der Waals surface area contributed by atoms with Crippen molar-refractivity contribution < 1.29 is 4.43 Å². The Morgan fingerprint density at radius 3 is 2.00 bits per heavy atom. The first-order valence-corrected chi connectivity index (χ1v) is 7.81. The molecule has 0 aliphatic carbocycles. The molecule has 0 aromatic heterocycles. The third-order valence-electron chi connectivity index (χ3n) is 1.95. The molecule has 0 aromatic carbocycles. The van der Waals surface area contributed by atoms with Crippen molar-refractivity contribution in [2.75, 3.05) is 0 Å². The number of hydrogen-bond donors (Lipinski definition) is 0. The number of rotatable bonds is 4. The molecule has 0 aliphatic rings. The summed E-state index contributed by atoms with van der Waals surface area (Å²) in [5.74, 6) is 0. The first kappa shape index (κ1) is 12.2. The largest absolute Gasteiger partial charge is 0.417 e. The third kappa shape index (κ3) is 4.94.